The van der Waals surface area contributed by atoms with Crippen LogP contribution in [-0.4, -0.2) is 26.8 Å². The lowest BCUT2D eigenvalue weighted by molar-refractivity contribution is 0.175. The lowest BCUT2D eigenvalue weighted by Gasteiger charge is -2.13. The summed E-state index contributed by atoms with van der Waals surface area (Å²) in [6, 6.07) is 0.462. The van der Waals surface area contributed by atoms with Gasteiger partial charge in [-0.1, -0.05) is 18.6 Å². The van der Waals surface area contributed by atoms with Gasteiger partial charge in [0, 0.05) is 13.2 Å². The molecule has 0 saturated heterocycles. The minimum absolute atomic E-state index is 0.462. The molecule has 0 bridgehead atoms. The van der Waals surface area contributed by atoms with Crippen molar-refractivity contribution in [3.63, 3.8) is 0 Å². The van der Waals surface area contributed by atoms with E-state index in [0.29, 0.717) is 12.0 Å². The third kappa shape index (κ3) is 4.52. The highest BCUT2D eigenvalue weighted by Crippen LogP contribution is 2.06. The summed E-state index contributed by atoms with van der Waals surface area (Å²) in [6.45, 7) is 7.27. The molecule has 2 atom stereocenters. The summed E-state index contributed by atoms with van der Waals surface area (Å²) in [5, 5.41) is 3.20. The van der Waals surface area contributed by atoms with Gasteiger partial charge < -0.3 is 10.1 Å². The maximum atomic E-state index is 5.05. The molecule has 0 aromatic carbocycles. The Labute approximate surface area is 76.0 Å². The Kier molecular flexibility index (Phi) is 6.03. The Bertz CT molecular complexity index is 143. The van der Waals surface area contributed by atoms with Gasteiger partial charge in [-0.15, -0.1) is 0 Å². The molecular weight excluding hydrogens is 150 g/mol. The number of hydrogen-bond donors (Lipinski definition) is 1. The lowest BCUT2D eigenvalue weighted by atomic mass is 10.0. The molecule has 2 heteroatoms. The Morgan fingerprint density at radius 3 is 2.50 bits per heavy atom. The van der Waals surface area contributed by atoms with E-state index in [4.69, 9.17) is 4.74 Å². The standard InChI is InChI=1S/C10H21NO/c1-8(7-12-5)6-9(2)10(3)11-4/h6,8,10-11H,7H2,1-5H3. The van der Waals surface area contributed by atoms with Crippen LogP contribution in [0, 0.1) is 5.92 Å². The fourth-order valence-corrected chi connectivity index (χ4v) is 1.13. The second kappa shape index (κ2) is 6.21. The average Bonchev–Trinajstić information content (AvgIpc) is 2.03. The van der Waals surface area contributed by atoms with E-state index < -0.39 is 0 Å². The van der Waals surface area contributed by atoms with E-state index in [2.05, 4.69) is 32.2 Å². The second-order valence-corrected chi connectivity index (χ2v) is 3.35. The van der Waals surface area contributed by atoms with Crippen molar-refractivity contribution in [2.75, 3.05) is 20.8 Å². The first kappa shape index (κ1) is 11.7. The van der Waals surface area contributed by atoms with Gasteiger partial charge in [0.25, 0.3) is 0 Å². The predicted octanol–water partition coefficient (Wildman–Crippen LogP) is 1.82. The molecule has 2 unspecified atom stereocenters. The monoisotopic (exact) mass is 171 g/mol. The zero-order valence-corrected chi connectivity index (χ0v) is 8.85. The van der Waals surface area contributed by atoms with E-state index in [1.807, 2.05) is 7.05 Å². The van der Waals surface area contributed by atoms with E-state index in [1.54, 1.807) is 7.11 Å². The smallest absolute Gasteiger partial charge is 0.0522 e. The van der Waals surface area contributed by atoms with Gasteiger partial charge >= 0.3 is 0 Å². The SMILES string of the molecule is CNC(C)C(C)=CC(C)COC. The first-order valence-corrected chi connectivity index (χ1v) is 4.46. The van der Waals surface area contributed by atoms with Gasteiger partial charge in [0.1, 0.15) is 0 Å². The van der Waals surface area contributed by atoms with Gasteiger partial charge in [0.2, 0.25) is 0 Å². The molecule has 2 nitrogen and oxygen atoms in total. The van der Waals surface area contributed by atoms with Crippen LogP contribution in [0.2, 0.25) is 0 Å². The first-order valence-electron chi connectivity index (χ1n) is 4.46. The third-order valence-corrected chi connectivity index (χ3v) is 2.09. The molecule has 1 N–H and O–H groups in total. The summed E-state index contributed by atoms with van der Waals surface area (Å²) in [5.41, 5.74) is 1.38. The van der Waals surface area contributed by atoms with Crippen molar-refractivity contribution in [1.29, 1.82) is 0 Å². The highest BCUT2D eigenvalue weighted by molar-refractivity contribution is 5.07. The van der Waals surface area contributed by atoms with E-state index >= 15 is 0 Å². The number of rotatable bonds is 5. The van der Waals surface area contributed by atoms with Crippen LogP contribution in [0.1, 0.15) is 20.8 Å². The number of hydrogen-bond acceptors (Lipinski definition) is 2. The molecule has 0 aliphatic heterocycles. The zero-order valence-electron chi connectivity index (χ0n) is 8.85. The van der Waals surface area contributed by atoms with Crippen molar-refractivity contribution in [2.45, 2.75) is 26.8 Å². The number of likely N-dealkylation sites (N-methyl/N-ethyl adjacent to an activating group) is 1. The molecule has 0 aliphatic carbocycles. The van der Waals surface area contributed by atoms with Crippen molar-refractivity contribution in [3.05, 3.63) is 11.6 Å². The molecular formula is C10H21NO. The zero-order chi connectivity index (χ0) is 9.56. The molecule has 12 heavy (non-hydrogen) atoms. The number of nitrogens with one attached hydrogen (secondary N) is 1. The fourth-order valence-electron chi connectivity index (χ4n) is 1.13. The second-order valence-electron chi connectivity index (χ2n) is 3.35. The number of ether oxygens (including phenoxy) is 1. The largest absolute Gasteiger partial charge is 0.384 e. The summed E-state index contributed by atoms with van der Waals surface area (Å²) >= 11 is 0. The van der Waals surface area contributed by atoms with Crippen LogP contribution in [-0.2, 0) is 4.74 Å². The van der Waals surface area contributed by atoms with Crippen molar-refractivity contribution in [2.24, 2.45) is 5.92 Å². The molecule has 72 valence electrons. The van der Waals surface area contributed by atoms with E-state index in [9.17, 15) is 0 Å². The molecule has 0 heterocycles. The first-order chi connectivity index (χ1) is 5.61. The molecule has 0 fully saturated rings. The molecule has 0 rings (SSSR count). The summed E-state index contributed by atoms with van der Waals surface area (Å²) in [7, 11) is 3.71. The Balaban J connectivity index is 3.96. The van der Waals surface area contributed by atoms with Gasteiger partial charge in [0.15, 0.2) is 0 Å². The quantitative estimate of drug-likeness (QED) is 0.637. The predicted molar refractivity (Wildman–Crippen MR) is 53.3 cm³/mol. The molecule has 0 amide bonds. The van der Waals surface area contributed by atoms with Gasteiger partial charge in [-0.3, -0.25) is 0 Å². The topological polar surface area (TPSA) is 21.3 Å². The lowest BCUT2D eigenvalue weighted by Crippen LogP contribution is -2.22. The van der Waals surface area contributed by atoms with Crippen LogP contribution in [0.4, 0.5) is 0 Å². The summed E-state index contributed by atoms with van der Waals surface area (Å²) in [4.78, 5) is 0. The van der Waals surface area contributed by atoms with E-state index in [-0.39, 0.29) is 0 Å². The van der Waals surface area contributed by atoms with Crippen LogP contribution in [0.15, 0.2) is 11.6 Å². The highest BCUT2D eigenvalue weighted by Gasteiger charge is 2.02. The van der Waals surface area contributed by atoms with E-state index in [1.165, 1.54) is 5.57 Å². The van der Waals surface area contributed by atoms with Gasteiger partial charge in [-0.2, -0.15) is 0 Å². The third-order valence-electron chi connectivity index (χ3n) is 2.09. The Morgan fingerprint density at radius 2 is 2.08 bits per heavy atom. The minimum atomic E-state index is 0.462. The van der Waals surface area contributed by atoms with Gasteiger partial charge in [-0.05, 0) is 26.8 Å². The Hall–Kier alpha value is -0.340. The van der Waals surface area contributed by atoms with Crippen molar-refractivity contribution >= 4 is 0 Å². The molecule has 0 aromatic rings. The van der Waals surface area contributed by atoms with Crippen LogP contribution in [0.5, 0.6) is 0 Å². The average molecular weight is 171 g/mol. The van der Waals surface area contributed by atoms with Crippen LogP contribution in [0.25, 0.3) is 0 Å². The van der Waals surface area contributed by atoms with E-state index in [0.717, 1.165) is 6.61 Å². The highest BCUT2D eigenvalue weighted by atomic mass is 16.5. The summed E-state index contributed by atoms with van der Waals surface area (Å²) in [5.74, 6) is 0.505. The Morgan fingerprint density at radius 1 is 1.50 bits per heavy atom. The fraction of sp³-hybridized carbons (Fsp3) is 0.800. The summed E-state index contributed by atoms with van der Waals surface area (Å²) < 4.78 is 5.05. The van der Waals surface area contributed by atoms with Crippen molar-refractivity contribution in [1.82, 2.24) is 5.32 Å². The van der Waals surface area contributed by atoms with Crippen molar-refractivity contribution in [3.8, 4) is 0 Å². The van der Waals surface area contributed by atoms with Crippen molar-refractivity contribution < 1.29 is 4.74 Å². The maximum absolute atomic E-state index is 5.05. The minimum Gasteiger partial charge on any atom is -0.384 e. The molecule has 0 spiro atoms. The van der Waals surface area contributed by atoms with Crippen LogP contribution < -0.4 is 5.32 Å². The normalized spacial score (nSPS) is 17.6. The maximum Gasteiger partial charge on any atom is 0.0522 e. The molecule has 0 radical (unpaired) electrons. The number of methoxy groups -OCH3 is 1. The molecule has 0 aliphatic rings. The van der Waals surface area contributed by atoms with Gasteiger partial charge in [0.05, 0.1) is 6.61 Å². The van der Waals surface area contributed by atoms with Crippen LogP contribution in [0.3, 0.4) is 0 Å². The van der Waals surface area contributed by atoms with Crippen LogP contribution >= 0.6 is 0 Å². The van der Waals surface area contributed by atoms with Gasteiger partial charge in [-0.25, -0.2) is 0 Å². The molecule has 0 aromatic heterocycles. The summed E-state index contributed by atoms with van der Waals surface area (Å²) in [6.07, 6.45) is 2.25. The molecule has 0 saturated carbocycles.